The Morgan fingerprint density at radius 1 is 1.47 bits per heavy atom. The molecule has 1 aromatic rings. The van der Waals surface area contributed by atoms with Crippen LogP contribution in [0.3, 0.4) is 0 Å². The van der Waals surface area contributed by atoms with Crippen LogP contribution in [0.1, 0.15) is 30.4 Å². The molecule has 1 heterocycles. The predicted octanol–water partition coefficient (Wildman–Crippen LogP) is 1.66. The zero-order valence-corrected chi connectivity index (χ0v) is 10.5. The van der Waals surface area contributed by atoms with Crippen molar-refractivity contribution in [3.63, 3.8) is 0 Å². The number of hydrogen-bond donors (Lipinski definition) is 1. The summed E-state index contributed by atoms with van der Waals surface area (Å²) in [6.45, 7) is 5.16. The van der Waals surface area contributed by atoms with Gasteiger partial charge in [-0.15, -0.1) is 0 Å². The van der Waals surface area contributed by atoms with Gasteiger partial charge in [-0.25, -0.2) is 0 Å². The SMILES string of the molecule is Cc1ccccc1[C@H]1C[C@H](C)N(C(=O)CN)C1. The molecule has 0 radical (unpaired) electrons. The Bertz CT molecular complexity index is 416. The lowest BCUT2D eigenvalue weighted by Gasteiger charge is -2.20. The highest BCUT2D eigenvalue weighted by Crippen LogP contribution is 2.32. The van der Waals surface area contributed by atoms with Gasteiger partial charge in [-0.05, 0) is 31.4 Å². The van der Waals surface area contributed by atoms with Gasteiger partial charge in [-0.1, -0.05) is 24.3 Å². The number of rotatable bonds is 2. The van der Waals surface area contributed by atoms with E-state index < -0.39 is 0 Å². The van der Waals surface area contributed by atoms with Crippen molar-refractivity contribution < 1.29 is 4.79 Å². The van der Waals surface area contributed by atoms with Gasteiger partial charge in [-0.2, -0.15) is 0 Å². The van der Waals surface area contributed by atoms with Crippen molar-refractivity contribution in [1.82, 2.24) is 4.90 Å². The third-order valence-electron chi connectivity index (χ3n) is 3.70. The monoisotopic (exact) mass is 232 g/mol. The lowest BCUT2D eigenvalue weighted by atomic mass is 9.93. The standard InChI is InChI=1S/C14H20N2O/c1-10-5-3-4-6-13(10)12-7-11(2)16(9-12)14(17)8-15/h3-6,11-12H,7-9,15H2,1-2H3/t11-,12-/m0/s1. The van der Waals surface area contributed by atoms with Crippen molar-refractivity contribution in [3.05, 3.63) is 35.4 Å². The first kappa shape index (κ1) is 12.1. The van der Waals surface area contributed by atoms with Crippen LogP contribution in [0.2, 0.25) is 0 Å². The molecule has 3 heteroatoms. The minimum Gasteiger partial charge on any atom is -0.338 e. The minimum absolute atomic E-state index is 0.0635. The first-order chi connectivity index (χ1) is 8.13. The first-order valence-electron chi connectivity index (χ1n) is 6.18. The maximum Gasteiger partial charge on any atom is 0.236 e. The van der Waals surface area contributed by atoms with E-state index in [1.807, 2.05) is 4.90 Å². The number of carbonyl (C=O) groups excluding carboxylic acids is 1. The van der Waals surface area contributed by atoms with Crippen LogP contribution >= 0.6 is 0 Å². The zero-order chi connectivity index (χ0) is 12.4. The van der Waals surface area contributed by atoms with Crippen LogP contribution in [-0.2, 0) is 4.79 Å². The van der Waals surface area contributed by atoms with Crippen molar-refractivity contribution in [2.75, 3.05) is 13.1 Å². The summed E-state index contributed by atoms with van der Waals surface area (Å²) in [5, 5.41) is 0. The molecule has 2 N–H and O–H groups in total. The average molecular weight is 232 g/mol. The molecular weight excluding hydrogens is 212 g/mol. The van der Waals surface area contributed by atoms with E-state index in [1.54, 1.807) is 0 Å². The number of benzene rings is 1. The smallest absolute Gasteiger partial charge is 0.236 e. The average Bonchev–Trinajstić information content (AvgIpc) is 2.71. The highest BCUT2D eigenvalue weighted by atomic mass is 16.2. The Balaban J connectivity index is 2.17. The van der Waals surface area contributed by atoms with Crippen LogP contribution in [0.25, 0.3) is 0 Å². The Kier molecular flexibility index (Phi) is 3.48. The molecule has 0 aromatic heterocycles. The maximum absolute atomic E-state index is 11.7. The topological polar surface area (TPSA) is 46.3 Å². The quantitative estimate of drug-likeness (QED) is 0.843. The fraction of sp³-hybridized carbons (Fsp3) is 0.500. The fourth-order valence-corrected chi connectivity index (χ4v) is 2.77. The van der Waals surface area contributed by atoms with Gasteiger partial charge >= 0.3 is 0 Å². The van der Waals surface area contributed by atoms with Crippen LogP contribution in [0, 0.1) is 6.92 Å². The van der Waals surface area contributed by atoms with Gasteiger partial charge in [0.25, 0.3) is 0 Å². The van der Waals surface area contributed by atoms with E-state index in [0.717, 1.165) is 13.0 Å². The molecule has 1 amide bonds. The number of amides is 1. The maximum atomic E-state index is 11.7. The number of aryl methyl sites for hydroxylation is 1. The van der Waals surface area contributed by atoms with Crippen molar-refractivity contribution in [2.45, 2.75) is 32.2 Å². The molecule has 0 bridgehead atoms. The van der Waals surface area contributed by atoms with E-state index >= 15 is 0 Å². The van der Waals surface area contributed by atoms with Gasteiger partial charge in [0.2, 0.25) is 5.91 Å². The summed E-state index contributed by atoms with van der Waals surface area (Å²) >= 11 is 0. The van der Waals surface area contributed by atoms with E-state index in [-0.39, 0.29) is 12.5 Å². The molecule has 92 valence electrons. The second-order valence-electron chi connectivity index (χ2n) is 4.89. The predicted molar refractivity (Wildman–Crippen MR) is 68.8 cm³/mol. The number of nitrogens with two attached hydrogens (primary N) is 1. The van der Waals surface area contributed by atoms with Crippen LogP contribution < -0.4 is 5.73 Å². The number of carbonyl (C=O) groups is 1. The lowest BCUT2D eigenvalue weighted by Crippen LogP contribution is -2.38. The van der Waals surface area contributed by atoms with Gasteiger partial charge < -0.3 is 10.6 Å². The van der Waals surface area contributed by atoms with Crippen molar-refractivity contribution >= 4 is 5.91 Å². The fourth-order valence-electron chi connectivity index (χ4n) is 2.77. The Labute approximate surface area is 103 Å². The van der Waals surface area contributed by atoms with E-state index in [2.05, 4.69) is 38.1 Å². The molecule has 2 atom stereocenters. The summed E-state index contributed by atoms with van der Waals surface area (Å²) in [6.07, 6.45) is 1.04. The van der Waals surface area contributed by atoms with Gasteiger partial charge in [0.1, 0.15) is 0 Å². The molecule has 0 unspecified atom stereocenters. The molecule has 2 rings (SSSR count). The molecule has 0 spiro atoms. The lowest BCUT2D eigenvalue weighted by molar-refractivity contribution is -0.130. The van der Waals surface area contributed by atoms with Crippen molar-refractivity contribution in [3.8, 4) is 0 Å². The van der Waals surface area contributed by atoms with Crippen molar-refractivity contribution in [1.29, 1.82) is 0 Å². The second kappa shape index (κ2) is 4.88. The molecule has 0 saturated carbocycles. The molecule has 1 saturated heterocycles. The van der Waals surface area contributed by atoms with Crippen LogP contribution in [0.5, 0.6) is 0 Å². The molecule has 0 aliphatic carbocycles. The van der Waals surface area contributed by atoms with E-state index in [9.17, 15) is 4.79 Å². The Morgan fingerprint density at radius 3 is 2.82 bits per heavy atom. The van der Waals surface area contributed by atoms with E-state index in [4.69, 9.17) is 5.73 Å². The van der Waals surface area contributed by atoms with Crippen molar-refractivity contribution in [2.24, 2.45) is 5.73 Å². The molecule has 1 aliphatic heterocycles. The van der Waals surface area contributed by atoms with Gasteiger partial charge in [-0.3, -0.25) is 4.79 Å². The minimum atomic E-state index is 0.0635. The van der Waals surface area contributed by atoms with E-state index in [0.29, 0.717) is 12.0 Å². The van der Waals surface area contributed by atoms with E-state index in [1.165, 1.54) is 11.1 Å². The summed E-state index contributed by atoms with van der Waals surface area (Å²) in [7, 11) is 0. The highest BCUT2D eigenvalue weighted by molar-refractivity contribution is 5.78. The Morgan fingerprint density at radius 2 is 2.18 bits per heavy atom. The van der Waals surface area contributed by atoms with Gasteiger partial charge in [0.05, 0.1) is 6.54 Å². The zero-order valence-electron chi connectivity index (χ0n) is 10.5. The molecule has 1 aliphatic rings. The third-order valence-corrected chi connectivity index (χ3v) is 3.70. The summed E-state index contributed by atoms with van der Waals surface area (Å²) in [6, 6.07) is 8.73. The molecule has 17 heavy (non-hydrogen) atoms. The molecule has 3 nitrogen and oxygen atoms in total. The summed E-state index contributed by atoms with van der Waals surface area (Å²) in [5.74, 6) is 0.523. The first-order valence-corrected chi connectivity index (χ1v) is 6.18. The van der Waals surface area contributed by atoms with Crippen LogP contribution in [-0.4, -0.2) is 29.9 Å². The normalized spacial score (nSPS) is 24.1. The largest absolute Gasteiger partial charge is 0.338 e. The Hall–Kier alpha value is -1.35. The number of likely N-dealkylation sites (tertiary alicyclic amines) is 1. The number of hydrogen-bond acceptors (Lipinski definition) is 2. The van der Waals surface area contributed by atoms with Gasteiger partial charge in [0, 0.05) is 18.5 Å². The summed E-state index contributed by atoms with van der Waals surface area (Å²) < 4.78 is 0. The molecule has 1 aromatic carbocycles. The highest BCUT2D eigenvalue weighted by Gasteiger charge is 2.32. The third kappa shape index (κ3) is 2.34. The van der Waals surface area contributed by atoms with Crippen LogP contribution in [0.15, 0.2) is 24.3 Å². The number of nitrogens with zero attached hydrogens (tertiary/aromatic N) is 1. The van der Waals surface area contributed by atoms with Crippen LogP contribution in [0.4, 0.5) is 0 Å². The summed E-state index contributed by atoms with van der Waals surface area (Å²) in [5.41, 5.74) is 8.12. The summed E-state index contributed by atoms with van der Waals surface area (Å²) in [4.78, 5) is 13.6. The van der Waals surface area contributed by atoms with Gasteiger partial charge in [0.15, 0.2) is 0 Å². The molecular formula is C14H20N2O. The molecule has 1 fully saturated rings. The second-order valence-corrected chi connectivity index (χ2v) is 4.89.